The summed E-state index contributed by atoms with van der Waals surface area (Å²) in [6.45, 7) is 6.85. The fraction of sp³-hybridized carbons (Fsp3) is 0.222. The van der Waals surface area contributed by atoms with Crippen molar-refractivity contribution in [3.05, 3.63) is 90.0 Å². The van der Waals surface area contributed by atoms with E-state index in [0.29, 0.717) is 5.92 Å². The molecule has 0 heterocycles. The second kappa shape index (κ2) is 11.4. The average molecular weight is 514 g/mol. The van der Waals surface area contributed by atoms with Crippen LogP contribution in [0.5, 0.6) is 0 Å². The number of hydrogen-bond acceptors (Lipinski definition) is 0. The van der Waals surface area contributed by atoms with Crippen molar-refractivity contribution < 1.29 is 20.8 Å². The van der Waals surface area contributed by atoms with Crippen LogP contribution in [-0.2, 0) is 27.3 Å². The van der Waals surface area contributed by atoms with E-state index in [2.05, 4.69) is 99.6 Å². The van der Waals surface area contributed by atoms with E-state index in [4.69, 9.17) is 17.0 Å². The van der Waals surface area contributed by atoms with E-state index in [0.717, 1.165) is 12.8 Å². The molecule has 0 aromatic heterocycles. The Morgan fingerprint density at radius 3 is 2.23 bits per heavy atom. The molecule has 0 nitrogen and oxygen atoms in total. The van der Waals surface area contributed by atoms with Crippen LogP contribution in [0.4, 0.5) is 0 Å². The van der Waals surface area contributed by atoms with Crippen LogP contribution >= 0.6 is 17.0 Å². The molecule has 4 aromatic rings. The zero-order valence-electron chi connectivity index (χ0n) is 17.8. The van der Waals surface area contributed by atoms with E-state index in [1.54, 1.807) is 0 Å². The first-order valence-corrected chi connectivity index (χ1v) is 16.8. The standard InChI is InChI=1S/C27H27.2ClH.Zr/c1-4-10-21-15-16-22-17-23(20-11-6-5-7-12-20)18-26(22)27(21)25-14-9-8-13-24(25)19(2)3;;;/h5-9,11-19H,4,10H2,1-3H3;2*1H;/q-1;;;+2/p-2. The summed E-state index contributed by atoms with van der Waals surface area (Å²) in [5.41, 5.74) is 8.32. The molecular weight excluding hydrogens is 486 g/mol. The number of halogens is 2. The van der Waals surface area contributed by atoms with Gasteiger partial charge in [0.05, 0.1) is 0 Å². The van der Waals surface area contributed by atoms with Crippen molar-refractivity contribution >= 4 is 27.8 Å². The Morgan fingerprint density at radius 1 is 0.900 bits per heavy atom. The first-order valence-electron chi connectivity index (χ1n) is 10.4. The molecule has 30 heavy (non-hydrogen) atoms. The average Bonchev–Trinajstić information content (AvgIpc) is 3.19. The van der Waals surface area contributed by atoms with Gasteiger partial charge in [-0.15, -0.1) is 34.5 Å². The van der Waals surface area contributed by atoms with Crippen LogP contribution in [-0.4, -0.2) is 0 Å². The maximum atomic E-state index is 4.93. The molecule has 0 fully saturated rings. The SMILES string of the molecule is CCCc1ccc2[cH-]c(-c3ccccc3)cc2c1-c1ccccc1C(C)C.[Cl][Zr][Cl]. The molecule has 0 aliphatic carbocycles. The summed E-state index contributed by atoms with van der Waals surface area (Å²) in [7, 11) is 9.87. The van der Waals surface area contributed by atoms with E-state index >= 15 is 0 Å². The summed E-state index contributed by atoms with van der Waals surface area (Å²) in [6.07, 6.45) is 2.28. The number of hydrogen-bond donors (Lipinski definition) is 0. The predicted molar refractivity (Wildman–Crippen MR) is 130 cm³/mol. The molecule has 0 aliphatic rings. The predicted octanol–water partition coefficient (Wildman–Crippen LogP) is 9.35. The van der Waals surface area contributed by atoms with Crippen LogP contribution in [0.2, 0.25) is 0 Å². The van der Waals surface area contributed by atoms with Crippen molar-refractivity contribution in [2.45, 2.75) is 39.5 Å². The Hall–Kier alpha value is -1.27. The normalized spacial score (nSPS) is 10.7. The Kier molecular flexibility index (Phi) is 8.88. The fourth-order valence-corrected chi connectivity index (χ4v) is 4.15. The topological polar surface area (TPSA) is 0 Å². The summed E-state index contributed by atoms with van der Waals surface area (Å²) >= 11 is -0.826. The fourth-order valence-electron chi connectivity index (χ4n) is 4.15. The van der Waals surface area contributed by atoms with Crippen LogP contribution in [0.3, 0.4) is 0 Å². The third kappa shape index (κ3) is 5.31. The van der Waals surface area contributed by atoms with E-state index in [9.17, 15) is 0 Å². The molecular formula is C27H27Cl2Zr-. The molecule has 4 aromatic carbocycles. The third-order valence-electron chi connectivity index (χ3n) is 5.45. The molecule has 0 saturated carbocycles. The third-order valence-corrected chi connectivity index (χ3v) is 5.45. The summed E-state index contributed by atoms with van der Waals surface area (Å²) in [5.74, 6) is 0.509. The maximum absolute atomic E-state index is 4.93. The molecule has 0 bridgehead atoms. The molecule has 4 rings (SSSR count). The number of benzene rings is 3. The van der Waals surface area contributed by atoms with Gasteiger partial charge in [-0.3, -0.25) is 0 Å². The molecule has 154 valence electrons. The van der Waals surface area contributed by atoms with Gasteiger partial charge in [0.15, 0.2) is 0 Å². The summed E-state index contributed by atoms with van der Waals surface area (Å²) < 4.78 is 0. The monoisotopic (exact) mass is 511 g/mol. The second-order valence-electron chi connectivity index (χ2n) is 7.78. The van der Waals surface area contributed by atoms with Crippen molar-refractivity contribution in [2.24, 2.45) is 0 Å². The first kappa shape index (κ1) is 23.4. The summed E-state index contributed by atoms with van der Waals surface area (Å²) in [4.78, 5) is 0. The summed E-state index contributed by atoms with van der Waals surface area (Å²) in [5, 5.41) is 2.72. The van der Waals surface area contributed by atoms with Gasteiger partial charge >= 0.3 is 37.9 Å². The van der Waals surface area contributed by atoms with E-state index in [1.807, 2.05) is 0 Å². The van der Waals surface area contributed by atoms with Crippen LogP contribution in [0.15, 0.2) is 78.9 Å². The molecule has 0 amide bonds. The van der Waals surface area contributed by atoms with Crippen molar-refractivity contribution in [3.63, 3.8) is 0 Å². The van der Waals surface area contributed by atoms with Gasteiger partial charge in [-0.2, -0.15) is 0 Å². The van der Waals surface area contributed by atoms with Crippen LogP contribution in [0, 0.1) is 0 Å². The van der Waals surface area contributed by atoms with Gasteiger partial charge in [0.1, 0.15) is 0 Å². The molecule has 0 saturated heterocycles. The molecule has 0 N–H and O–H groups in total. The summed E-state index contributed by atoms with van der Waals surface area (Å²) in [6, 6.07) is 29.0. The van der Waals surface area contributed by atoms with E-state index < -0.39 is 20.8 Å². The molecule has 0 unspecified atom stereocenters. The van der Waals surface area contributed by atoms with Gasteiger partial charge in [0.25, 0.3) is 0 Å². The van der Waals surface area contributed by atoms with Crippen molar-refractivity contribution in [3.8, 4) is 22.3 Å². The molecule has 3 heteroatoms. The van der Waals surface area contributed by atoms with Crippen LogP contribution < -0.4 is 0 Å². The molecule has 0 spiro atoms. The van der Waals surface area contributed by atoms with Gasteiger partial charge < -0.3 is 0 Å². The number of fused-ring (bicyclic) bond motifs is 1. The van der Waals surface area contributed by atoms with Crippen LogP contribution in [0.1, 0.15) is 44.2 Å². The van der Waals surface area contributed by atoms with Gasteiger partial charge in [0.2, 0.25) is 0 Å². The minimum absolute atomic E-state index is 0.509. The van der Waals surface area contributed by atoms with Crippen molar-refractivity contribution in [1.29, 1.82) is 0 Å². The van der Waals surface area contributed by atoms with Gasteiger partial charge in [0, 0.05) is 0 Å². The first-order chi connectivity index (χ1) is 14.6. The molecule has 0 aliphatic heterocycles. The van der Waals surface area contributed by atoms with E-state index in [1.165, 1.54) is 44.2 Å². The van der Waals surface area contributed by atoms with Gasteiger partial charge in [-0.1, -0.05) is 99.0 Å². The van der Waals surface area contributed by atoms with E-state index in [-0.39, 0.29) is 0 Å². The van der Waals surface area contributed by atoms with Crippen molar-refractivity contribution in [2.75, 3.05) is 0 Å². The zero-order chi connectivity index (χ0) is 21.5. The molecule has 0 atom stereocenters. The Balaban J connectivity index is 0.000000806. The molecule has 0 radical (unpaired) electrons. The quantitative estimate of drug-likeness (QED) is 0.233. The number of rotatable bonds is 5. The zero-order valence-corrected chi connectivity index (χ0v) is 21.7. The minimum atomic E-state index is -0.826. The Labute approximate surface area is 199 Å². The second-order valence-corrected chi connectivity index (χ2v) is 11.5. The van der Waals surface area contributed by atoms with Crippen LogP contribution in [0.25, 0.3) is 33.0 Å². The Bertz CT molecular complexity index is 1080. The van der Waals surface area contributed by atoms with Gasteiger partial charge in [-0.05, 0) is 29.0 Å². The van der Waals surface area contributed by atoms with Crippen molar-refractivity contribution in [1.82, 2.24) is 0 Å². The number of aryl methyl sites for hydroxylation is 1. The Morgan fingerprint density at radius 2 is 1.57 bits per heavy atom. The van der Waals surface area contributed by atoms with Gasteiger partial charge in [-0.25, -0.2) is 0 Å².